The van der Waals surface area contributed by atoms with E-state index in [0.717, 1.165) is 17.3 Å². The summed E-state index contributed by atoms with van der Waals surface area (Å²) in [5, 5.41) is 4.15. The first-order valence-electron chi connectivity index (χ1n) is 6.39. The van der Waals surface area contributed by atoms with Gasteiger partial charge in [-0.15, -0.1) is 11.6 Å². The third-order valence-electron chi connectivity index (χ3n) is 3.66. The zero-order valence-corrected chi connectivity index (χ0v) is 12.3. The maximum atomic E-state index is 14.1. The van der Waals surface area contributed by atoms with Gasteiger partial charge in [-0.05, 0) is 19.1 Å². The second kappa shape index (κ2) is 5.11. The molecule has 0 saturated heterocycles. The summed E-state index contributed by atoms with van der Waals surface area (Å²) in [5.41, 5.74) is 2.39. The van der Waals surface area contributed by atoms with Gasteiger partial charge in [0.1, 0.15) is 11.3 Å². The zero-order chi connectivity index (χ0) is 15.1. The molecule has 0 aliphatic carbocycles. The van der Waals surface area contributed by atoms with Gasteiger partial charge < -0.3 is 4.57 Å². The maximum Gasteiger partial charge on any atom is 0.184 e. The Morgan fingerprint density at radius 3 is 2.67 bits per heavy atom. The van der Waals surface area contributed by atoms with E-state index in [1.807, 2.05) is 14.0 Å². The lowest BCUT2D eigenvalue weighted by Gasteiger charge is -2.08. The van der Waals surface area contributed by atoms with Crippen molar-refractivity contribution in [1.29, 1.82) is 0 Å². The molecule has 2 aromatic heterocycles. The summed E-state index contributed by atoms with van der Waals surface area (Å²) >= 11 is 5.89. The molecule has 0 unspecified atom stereocenters. The first-order chi connectivity index (χ1) is 10.0. The number of halogens is 3. The van der Waals surface area contributed by atoms with Crippen molar-refractivity contribution in [2.24, 2.45) is 7.05 Å². The average molecular weight is 311 g/mol. The van der Waals surface area contributed by atoms with Crippen LogP contribution in [0.3, 0.4) is 0 Å². The monoisotopic (exact) mass is 310 g/mol. The third kappa shape index (κ3) is 2.19. The Morgan fingerprint density at radius 2 is 2.05 bits per heavy atom. The molecule has 4 nitrogen and oxygen atoms in total. The Hall–Kier alpha value is -1.95. The van der Waals surface area contributed by atoms with Gasteiger partial charge in [0.05, 0.1) is 24.1 Å². The van der Waals surface area contributed by atoms with Crippen LogP contribution >= 0.6 is 11.6 Å². The minimum Gasteiger partial charge on any atom is -0.320 e. The number of benzene rings is 1. The summed E-state index contributed by atoms with van der Waals surface area (Å²) < 4.78 is 30.9. The van der Waals surface area contributed by atoms with Gasteiger partial charge in [-0.3, -0.25) is 4.68 Å². The van der Waals surface area contributed by atoms with E-state index in [1.54, 1.807) is 15.4 Å². The highest BCUT2D eigenvalue weighted by atomic mass is 35.5. The molecule has 2 heterocycles. The minimum atomic E-state index is -0.905. The average Bonchev–Trinajstić information content (AvgIpc) is 2.98. The van der Waals surface area contributed by atoms with Crippen LogP contribution in [-0.2, 0) is 19.5 Å². The predicted octanol–water partition coefficient (Wildman–Crippen LogP) is 3.14. The highest BCUT2D eigenvalue weighted by molar-refractivity contribution is 6.16. The van der Waals surface area contributed by atoms with Gasteiger partial charge in [-0.25, -0.2) is 13.8 Å². The molecular formula is C14H13ClF2N4. The molecule has 1 aromatic carbocycles. The summed E-state index contributed by atoms with van der Waals surface area (Å²) in [6, 6.07) is 2.53. The number of alkyl halides is 1. The Balaban J connectivity index is 2.20. The van der Waals surface area contributed by atoms with Gasteiger partial charge in [0, 0.05) is 18.3 Å². The maximum absolute atomic E-state index is 14.1. The van der Waals surface area contributed by atoms with Crippen LogP contribution in [0.1, 0.15) is 17.1 Å². The van der Waals surface area contributed by atoms with Crippen molar-refractivity contribution < 1.29 is 8.78 Å². The van der Waals surface area contributed by atoms with Crippen LogP contribution in [0, 0.1) is 18.6 Å². The van der Waals surface area contributed by atoms with Gasteiger partial charge in [-0.1, -0.05) is 0 Å². The highest BCUT2D eigenvalue weighted by Crippen LogP contribution is 2.24. The van der Waals surface area contributed by atoms with Crippen LogP contribution in [0.25, 0.3) is 11.0 Å². The van der Waals surface area contributed by atoms with Crippen molar-refractivity contribution >= 4 is 22.6 Å². The fourth-order valence-corrected chi connectivity index (χ4v) is 2.55. The molecule has 3 rings (SSSR count). The Morgan fingerprint density at radius 1 is 1.29 bits per heavy atom. The van der Waals surface area contributed by atoms with Crippen molar-refractivity contribution in [3.8, 4) is 0 Å². The lowest BCUT2D eigenvalue weighted by atomic mass is 10.2. The third-order valence-corrected chi connectivity index (χ3v) is 3.90. The fraction of sp³-hybridized carbons (Fsp3) is 0.286. The SMILES string of the molecule is Cc1c(Cn2c(CCl)nc3ccc(F)c(F)c32)cnn1C. The first-order valence-corrected chi connectivity index (χ1v) is 6.93. The molecular weight excluding hydrogens is 298 g/mol. The minimum absolute atomic E-state index is 0.120. The molecule has 110 valence electrons. The summed E-state index contributed by atoms with van der Waals surface area (Å²) in [7, 11) is 1.83. The molecule has 0 amide bonds. The molecule has 0 radical (unpaired) electrons. The van der Waals surface area contributed by atoms with Crippen molar-refractivity contribution in [2.45, 2.75) is 19.3 Å². The van der Waals surface area contributed by atoms with E-state index in [2.05, 4.69) is 10.1 Å². The number of nitrogens with zero attached hydrogens (tertiary/aromatic N) is 4. The molecule has 0 N–H and O–H groups in total. The number of fused-ring (bicyclic) bond motifs is 1. The van der Waals surface area contributed by atoms with Gasteiger partial charge in [0.25, 0.3) is 0 Å². The summed E-state index contributed by atoms with van der Waals surface area (Å²) in [4.78, 5) is 4.26. The topological polar surface area (TPSA) is 35.6 Å². The smallest absolute Gasteiger partial charge is 0.184 e. The first kappa shape index (κ1) is 14.0. The molecule has 0 bridgehead atoms. The second-order valence-electron chi connectivity index (χ2n) is 4.86. The number of hydrogen-bond donors (Lipinski definition) is 0. The lowest BCUT2D eigenvalue weighted by Crippen LogP contribution is -2.06. The number of aromatic nitrogens is 4. The standard InChI is InChI=1S/C14H13ClF2N4/c1-8-9(6-18-20(8)2)7-21-12(5-15)19-11-4-3-10(16)13(17)14(11)21/h3-4,6H,5,7H2,1-2H3. The van der Waals surface area contributed by atoms with E-state index in [-0.39, 0.29) is 11.4 Å². The van der Waals surface area contributed by atoms with Crippen molar-refractivity contribution in [3.05, 3.63) is 47.0 Å². The van der Waals surface area contributed by atoms with Crippen molar-refractivity contribution in [3.63, 3.8) is 0 Å². The van der Waals surface area contributed by atoms with Gasteiger partial charge >= 0.3 is 0 Å². The Bertz CT molecular complexity index is 822. The van der Waals surface area contributed by atoms with E-state index in [9.17, 15) is 8.78 Å². The van der Waals surface area contributed by atoms with E-state index >= 15 is 0 Å². The number of aryl methyl sites for hydroxylation is 1. The largest absolute Gasteiger partial charge is 0.320 e. The van der Waals surface area contributed by atoms with Crippen molar-refractivity contribution in [1.82, 2.24) is 19.3 Å². The lowest BCUT2D eigenvalue weighted by molar-refractivity contribution is 0.512. The molecule has 0 fully saturated rings. The molecule has 0 spiro atoms. The number of imidazole rings is 1. The van der Waals surface area contributed by atoms with E-state index in [4.69, 9.17) is 11.6 Å². The van der Waals surface area contributed by atoms with E-state index < -0.39 is 11.6 Å². The summed E-state index contributed by atoms with van der Waals surface area (Å²) in [5.74, 6) is -1.18. The van der Waals surface area contributed by atoms with Crippen LogP contribution in [0.4, 0.5) is 8.78 Å². The van der Waals surface area contributed by atoms with E-state index in [1.165, 1.54) is 6.07 Å². The van der Waals surface area contributed by atoms with Gasteiger partial charge in [0.15, 0.2) is 11.6 Å². The zero-order valence-electron chi connectivity index (χ0n) is 11.6. The molecule has 21 heavy (non-hydrogen) atoms. The predicted molar refractivity (Wildman–Crippen MR) is 76.3 cm³/mol. The molecule has 7 heteroatoms. The molecule has 3 aromatic rings. The van der Waals surface area contributed by atoms with Gasteiger partial charge in [0.2, 0.25) is 0 Å². The molecule has 0 aliphatic rings. The van der Waals surface area contributed by atoms with Crippen LogP contribution in [0.5, 0.6) is 0 Å². The molecule has 0 saturated carbocycles. The normalized spacial score (nSPS) is 11.5. The summed E-state index contributed by atoms with van der Waals surface area (Å²) in [6.45, 7) is 2.26. The second-order valence-corrected chi connectivity index (χ2v) is 5.12. The number of hydrogen-bond acceptors (Lipinski definition) is 2. The fourth-order valence-electron chi connectivity index (χ4n) is 2.35. The summed E-state index contributed by atoms with van der Waals surface area (Å²) in [6.07, 6.45) is 1.70. The van der Waals surface area contributed by atoms with Gasteiger partial charge in [-0.2, -0.15) is 5.10 Å². The van der Waals surface area contributed by atoms with Crippen LogP contribution < -0.4 is 0 Å². The van der Waals surface area contributed by atoms with Crippen LogP contribution in [0.2, 0.25) is 0 Å². The van der Waals surface area contributed by atoms with Crippen LogP contribution in [0.15, 0.2) is 18.3 Å². The Labute approximate surface area is 125 Å². The highest BCUT2D eigenvalue weighted by Gasteiger charge is 2.18. The molecule has 0 atom stereocenters. The number of rotatable bonds is 3. The Kier molecular flexibility index (Phi) is 3.41. The van der Waals surface area contributed by atoms with Crippen LogP contribution in [-0.4, -0.2) is 19.3 Å². The quantitative estimate of drug-likeness (QED) is 0.697. The van der Waals surface area contributed by atoms with E-state index in [0.29, 0.717) is 17.9 Å². The molecule has 0 aliphatic heterocycles. The van der Waals surface area contributed by atoms with Crippen molar-refractivity contribution in [2.75, 3.05) is 0 Å².